The highest BCUT2D eigenvalue weighted by Crippen LogP contribution is 2.04. The lowest BCUT2D eigenvalue weighted by molar-refractivity contribution is 0.481. The molecule has 1 heterocycles. The first-order valence-electron chi connectivity index (χ1n) is 4.11. The third-order valence-electron chi connectivity index (χ3n) is 1.62. The van der Waals surface area contributed by atoms with E-state index in [9.17, 15) is 0 Å². The summed E-state index contributed by atoms with van der Waals surface area (Å²) in [6.07, 6.45) is 8.91. The minimum atomic E-state index is 0.856. The fourth-order valence-electron chi connectivity index (χ4n) is 1.01. The number of rotatable bonds is 5. The Morgan fingerprint density at radius 1 is 1.36 bits per heavy atom. The van der Waals surface area contributed by atoms with E-state index >= 15 is 0 Å². The van der Waals surface area contributed by atoms with Gasteiger partial charge in [-0.2, -0.15) is 0 Å². The fourth-order valence-corrected chi connectivity index (χ4v) is 1.01. The van der Waals surface area contributed by atoms with E-state index in [0.29, 0.717) is 0 Å². The predicted molar refractivity (Wildman–Crippen MR) is 44.0 cm³/mol. The van der Waals surface area contributed by atoms with Crippen LogP contribution < -0.4 is 0 Å². The molecule has 1 aromatic rings. The highest BCUT2D eigenvalue weighted by Gasteiger charge is 1.95. The van der Waals surface area contributed by atoms with Gasteiger partial charge in [0.25, 0.3) is 0 Å². The van der Waals surface area contributed by atoms with Gasteiger partial charge in [-0.15, -0.1) is 0 Å². The largest absolute Gasteiger partial charge is 0.449 e. The van der Waals surface area contributed by atoms with Crippen molar-refractivity contribution in [3.05, 3.63) is 25.3 Å². The monoisotopic (exact) mass is 152 g/mol. The average molecular weight is 152 g/mol. The van der Waals surface area contributed by atoms with Gasteiger partial charge in [0.15, 0.2) is 5.89 Å². The summed E-state index contributed by atoms with van der Waals surface area (Å²) in [5.41, 5.74) is 0. The second-order valence-corrected chi connectivity index (χ2v) is 2.59. The van der Waals surface area contributed by atoms with Crippen molar-refractivity contribution in [2.45, 2.75) is 32.1 Å². The summed E-state index contributed by atoms with van der Waals surface area (Å²) in [6, 6.07) is 0. The number of hydrogen-bond donors (Lipinski definition) is 0. The standard InChI is InChI=1S/C9H14NO/c1-2-3-4-5-6-9-10-7-8-11-9/h7-8H,1-6H2. The molecule has 0 saturated heterocycles. The summed E-state index contributed by atoms with van der Waals surface area (Å²) in [5, 5.41) is 0. The van der Waals surface area contributed by atoms with Crippen LogP contribution in [0.4, 0.5) is 0 Å². The van der Waals surface area contributed by atoms with Gasteiger partial charge in [0, 0.05) is 6.42 Å². The van der Waals surface area contributed by atoms with Gasteiger partial charge in [-0.1, -0.05) is 26.2 Å². The number of aromatic nitrogens is 1. The highest BCUT2D eigenvalue weighted by atomic mass is 16.3. The molecule has 2 heteroatoms. The smallest absolute Gasteiger partial charge is 0.193 e. The zero-order valence-corrected chi connectivity index (χ0v) is 6.75. The third-order valence-corrected chi connectivity index (χ3v) is 1.62. The molecule has 0 amide bonds. The minimum absolute atomic E-state index is 0.856. The quantitative estimate of drug-likeness (QED) is 0.606. The minimum Gasteiger partial charge on any atom is -0.449 e. The van der Waals surface area contributed by atoms with Crippen LogP contribution in [0.5, 0.6) is 0 Å². The normalized spacial score (nSPS) is 10.3. The van der Waals surface area contributed by atoms with Gasteiger partial charge in [-0.3, -0.25) is 0 Å². The number of aryl methyl sites for hydroxylation is 1. The van der Waals surface area contributed by atoms with Crippen LogP contribution in [-0.2, 0) is 6.42 Å². The SMILES string of the molecule is [CH2]CCCCCc1ncco1. The summed E-state index contributed by atoms with van der Waals surface area (Å²) in [4.78, 5) is 4.03. The Bertz CT molecular complexity index is 170. The van der Waals surface area contributed by atoms with E-state index in [0.717, 1.165) is 25.2 Å². The Morgan fingerprint density at radius 3 is 2.91 bits per heavy atom. The first kappa shape index (κ1) is 8.31. The molecule has 11 heavy (non-hydrogen) atoms. The maximum Gasteiger partial charge on any atom is 0.193 e. The van der Waals surface area contributed by atoms with Gasteiger partial charge < -0.3 is 4.42 Å². The maximum absolute atomic E-state index is 5.09. The van der Waals surface area contributed by atoms with Crippen molar-refractivity contribution in [3.8, 4) is 0 Å². The van der Waals surface area contributed by atoms with E-state index in [2.05, 4.69) is 11.9 Å². The molecule has 61 valence electrons. The molecule has 1 radical (unpaired) electrons. The Morgan fingerprint density at radius 2 is 2.27 bits per heavy atom. The first-order valence-corrected chi connectivity index (χ1v) is 4.11. The average Bonchev–Trinajstić information content (AvgIpc) is 2.50. The summed E-state index contributed by atoms with van der Waals surface area (Å²) in [7, 11) is 0. The molecule has 0 saturated carbocycles. The molecule has 1 aromatic heterocycles. The van der Waals surface area contributed by atoms with Crippen molar-refractivity contribution in [2.75, 3.05) is 0 Å². The number of hydrogen-bond acceptors (Lipinski definition) is 2. The molecule has 0 aliphatic rings. The second kappa shape index (κ2) is 4.94. The molecule has 0 aliphatic carbocycles. The van der Waals surface area contributed by atoms with Crippen LogP contribution in [0.15, 0.2) is 16.9 Å². The lowest BCUT2D eigenvalue weighted by atomic mass is 10.1. The number of oxazole rings is 1. The second-order valence-electron chi connectivity index (χ2n) is 2.59. The molecule has 1 rings (SSSR count). The lowest BCUT2D eigenvalue weighted by Gasteiger charge is -1.94. The third kappa shape index (κ3) is 3.21. The molecule has 0 fully saturated rings. The zero-order chi connectivity index (χ0) is 7.94. The van der Waals surface area contributed by atoms with Crippen LogP contribution in [0.1, 0.15) is 31.6 Å². The van der Waals surface area contributed by atoms with Crippen molar-refractivity contribution >= 4 is 0 Å². The Balaban J connectivity index is 2.04. The Hall–Kier alpha value is -0.790. The van der Waals surface area contributed by atoms with Crippen LogP contribution in [-0.4, -0.2) is 4.98 Å². The van der Waals surface area contributed by atoms with Crippen LogP contribution in [0.3, 0.4) is 0 Å². The van der Waals surface area contributed by atoms with Gasteiger partial charge in [-0.25, -0.2) is 4.98 Å². The Kier molecular flexibility index (Phi) is 3.73. The predicted octanol–water partition coefficient (Wildman–Crippen LogP) is 2.61. The molecule has 0 aromatic carbocycles. The van der Waals surface area contributed by atoms with Gasteiger partial charge >= 0.3 is 0 Å². The topological polar surface area (TPSA) is 26.0 Å². The van der Waals surface area contributed by atoms with E-state index in [-0.39, 0.29) is 0 Å². The van der Waals surface area contributed by atoms with E-state index in [1.807, 2.05) is 0 Å². The van der Waals surface area contributed by atoms with Crippen molar-refractivity contribution in [1.82, 2.24) is 4.98 Å². The first-order chi connectivity index (χ1) is 5.43. The van der Waals surface area contributed by atoms with Gasteiger partial charge in [-0.05, 0) is 6.42 Å². The highest BCUT2D eigenvalue weighted by molar-refractivity contribution is 4.79. The van der Waals surface area contributed by atoms with E-state index in [1.165, 1.54) is 12.8 Å². The van der Waals surface area contributed by atoms with Crippen LogP contribution in [0.2, 0.25) is 0 Å². The molecular formula is C9H14NO. The van der Waals surface area contributed by atoms with Crippen LogP contribution >= 0.6 is 0 Å². The van der Waals surface area contributed by atoms with Crippen molar-refractivity contribution < 1.29 is 4.42 Å². The van der Waals surface area contributed by atoms with E-state index in [1.54, 1.807) is 12.5 Å². The van der Waals surface area contributed by atoms with E-state index < -0.39 is 0 Å². The summed E-state index contributed by atoms with van der Waals surface area (Å²) in [5.74, 6) is 0.856. The molecule has 0 aliphatic heterocycles. The molecule has 0 N–H and O–H groups in total. The number of nitrogens with zero attached hydrogens (tertiary/aromatic N) is 1. The van der Waals surface area contributed by atoms with Gasteiger partial charge in [0.05, 0.1) is 6.20 Å². The molecule has 0 bridgehead atoms. The zero-order valence-electron chi connectivity index (χ0n) is 6.75. The van der Waals surface area contributed by atoms with Crippen molar-refractivity contribution in [2.24, 2.45) is 0 Å². The van der Waals surface area contributed by atoms with Crippen LogP contribution in [0, 0.1) is 6.92 Å². The van der Waals surface area contributed by atoms with Gasteiger partial charge in [0.2, 0.25) is 0 Å². The number of unbranched alkanes of at least 4 members (excludes halogenated alkanes) is 3. The molecular weight excluding hydrogens is 138 g/mol. The van der Waals surface area contributed by atoms with E-state index in [4.69, 9.17) is 4.42 Å². The lowest BCUT2D eigenvalue weighted by Crippen LogP contribution is -1.84. The molecule has 2 nitrogen and oxygen atoms in total. The van der Waals surface area contributed by atoms with Gasteiger partial charge in [0.1, 0.15) is 6.26 Å². The summed E-state index contributed by atoms with van der Waals surface area (Å²) in [6.45, 7) is 3.78. The summed E-state index contributed by atoms with van der Waals surface area (Å²) < 4.78 is 5.09. The van der Waals surface area contributed by atoms with Crippen LogP contribution in [0.25, 0.3) is 0 Å². The van der Waals surface area contributed by atoms with Crippen molar-refractivity contribution in [1.29, 1.82) is 0 Å². The summed E-state index contributed by atoms with van der Waals surface area (Å²) >= 11 is 0. The Labute approximate surface area is 67.6 Å². The molecule has 0 atom stereocenters. The van der Waals surface area contributed by atoms with Crippen molar-refractivity contribution in [3.63, 3.8) is 0 Å². The molecule has 0 unspecified atom stereocenters. The molecule has 0 spiro atoms. The maximum atomic E-state index is 5.09. The fraction of sp³-hybridized carbons (Fsp3) is 0.556.